The number of rotatable bonds is 3. The van der Waals surface area contributed by atoms with Crippen molar-refractivity contribution in [2.24, 2.45) is 5.92 Å². The molecule has 0 bridgehead atoms. The summed E-state index contributed by atoms with van der Waals surface area (Å²) in [4.78, 5) is 23.0. The number of amides is 1. The van der Waals surface area contributed by atoms with Crippen LogP contribution in [0.1, 0.15) is 43.1 Å². The van der Waals surface area contributed by atoms with Crippen LogP contribution in [0.2, 0.25) is 0 Å². The van der Waals surface area contributed by atoms with Gasteiger partial charge in [0.15, 0.2) is 0 Å². The average Bonchev–Trinajstić information content (AvgIpc) is 2.42. The van der Waals surface area contributed by atoms with E-state index in [2.05, 4.69) is 22.4 Å². The minimum absolute atomic E-state index is 0.211. The number of halogens is 1. The first-order valence-corrected chi connectivity index (χ1v) is 7.02. The Bertz CT molecular complexity index is 486. The molecule has 0 aromatic carbocycles. The van der Waals surface area contributed by atoms with E-state index in [1.807, 2.05) is 0 Å². The predicted octanol–water partition coefficient (Wildman–Crippen LogP) is 1.69. The normalized spacial score (nSPS) is 26.9. The summed E-state index contributed by atoms with van der Waals surface area (Å²) >= 11 is 6.05. The maximum Gasteiger partial charge on any atom is 0.272 e. The van der Waals surface area contributed by atoms with Gasteiger partial charge in [-0.05, 0) is 37.7 Å². The molecule has 2 N–H and O–H groups in total. The Hall–Kier alpha value is -1.36. The van der Waals surface area contributed by atoms with Gasteiger partial charge in [-0.3, -0.25) is 9.59 Å². The van der Waals surface area contributed by atoms with E-state index < -0.39 is 0 Å². The molecule has 1 saturated carbocycles. The van der Waals surface area contributed by atoms with Crippen LogP contribution in [-0.4, -0.2) is 27.5 Å². The summed E-state index contributed by atoms with van der Waals surface area (Å²) in [5.74, 6) is 0.792. The second-order valence-electron chi connectivity index (χ2n) is 5.36. The first kappa shape index (κ1) is 14.1. The second kappa shape index (κ2) is 5.74. The zero-order valence-electron chi connectivity index (χ0n) is 10.9. The van der Waals surface area contributed by atoms with Gasteiger partial charge in [-0.25, -0.2) is 5.10 Å². The first-order valence-electron chi connectivity index (χ1n) is 6.49. The summed E-state index contributed by atoms with van der Waals surface area (Å²) in [6, 6.07) is 2.71. The van der Waals surface area contributed by atoms with Crippen LogP contribution in [0.5, 0.6) is 0 Å². The second-order valence-corrected chi connectivity index (χ2v) is 5.62. The van der Waals surface area contributed by atoms with Gasteiger partial charge in [-0.1, -0.05) is 6.92 Å². The van der Waals surface area contributed by atoms with Crippen molar-refractivity contribution in [1.29, 1.82) is 0 Å². The van der Waals surface area contributed by atoms with E-state index in [4.69, 9.17) is 11.6 Å². The highest BCUT2D eigenvalue weighted by Gasteiger charge is 2.35. The van der Waals surface area contributed by atoms with Gasteiger partial charge in [0, 0.05) is 11.9 Å². The van der Waals surface area contributed by atoms with Crippen molar-refractivity contribution >= 4 is 17.5 Å². The number of carbonyl (C=O) groups excluding carboxylic acids is 1. The fourth-order valence-corrected chi connectivity index (χ4v) is 2.72. The van der Waals surface area contributed by atoms with Gasteiger partial charge in [0.2, 0.25) is 0 Å². The molecule has 1 aromatic heterocycles. The highest BCUT2D eigenvalue weighted by atomic mass is 35.5. The topological polar surface area (TPSA) is 74.8 Å². The molecular weight excluding hydrogens is 266 g/mol. The van der Waals surface area contributed by atoms with Crippen LogP contribution in [0.3, 0.4) is 0 Å². The van der Waals surface area contributed by atoms with Crippen LogP contribution >= 0.6 is 11.6 Å². The molecule has 0 saturated heterocycles. The molecule has 1 heterocycles. The molecule has 6 heteroatoms. The lowest BCUT2D eigenvalue weighted by atomic mass is 9.78. The van der Waals surface area contributed by atoms with E-state index in [0.29, 0.717) is 11.8 Å². The number of nitrogens with zero attached hydrogens (tertiary/aromatic N) is 1. The van der Waals surface area contributed by atoms with E-state index >= 15 is 0 Å². The maximum absolute atomic E-state index is 12.1. The van der Waals surface area contributed by atoms with Crippen molar-refractivity contribution in [2.45, 2.75) is 38.1 Å². The Labute approximate surface area is 116 Å². The van der Waals surface area contributed by atoms with Crippen molar-refractivity contribution < 1.29 is 4.79 Å². The lowest BCUT2D eigenvalue weighted by Crippen LogP contribution is -2.52. The number of hydrogen-bond acceptors (Lipinski definition) is 3. The minimum Gasteiger partial charge on any atom is -0.344 e. The van der Waals surface area contributed by atoms with Crippen molar-refractivity contribution in [1.82, 2.24) is 15.5 Å². The lowest BCUT2D eigenvalue weighted by Gasteiger charge is -2.38. The van der Waals surface area contributed by atoms with Gasteiger partial charge >= 0.3 is 0 Å². The molecule has 1 fully saturated rings. The van der Waals surface area contributed by atoms with Crippen LogP contribution in [0, 0.1) is 5.92 Å². The minimum atomic E-state index is -0.344. The Balaban J connectivity index is 2.08. The standard InChI is InChI=1S/C13H18ClN3O2/c1-9-4-6-13(8-14,7-5-9)15-12(19)10-2-3-11(18)17-16-10/h2-3,9H,4-8H2,1H3,(H,15,19)(H,17,18). The molecule has 0 unspecified atom stereocenters. The van der Waals surface area contributed by atoms with Crippen molar-refractivity contribution in [3.8, 4) is 0 Å². The zero-order chi connectivity index (χ0) is 13.9. The summed E-state index contributed by atoms with van der Waals surface area (Å²) in [5, 5.41) is 8.97. The smallest absolute Gasteiger partial charge is 0.272 e. The molecule has 5 nitrogen and oxygen atoms in total. The number of nitrogens with one attached hydrogen (secondary N) is 2. The van der Waals surface area contributed by atoms with E-state index in [1.54, 1.807) is 0 Å². The molecule has 0 radical (unpaired) electrons. The molecule has 0 atom stereocenters. The first-order chi connectivity index (χ1) is 9.04. The SMILES string of the molecule is CC1CCC(CCl)(NC(=O)c2ccc(=O)[nH]n2)CC1. The van der Waals surface area contributed by atoms with Gasteiger partial charge in [-0.2, -0.15) is 5.10 Å². The Morgan fingerprint density at radius 2 is 2.21 bits per heavy atom. The van der Waals surface area contributed by atoms with Gasteiger partial charge < -0.3 is 5.32 Å². The zero-order valence-corrected chi connectivity index (χ0v) is 11.7. The highest BCUT2D eigenvalue weighted by molar-refractivity contribution is 6.18. The Morgan fingerprint density at radius 3 is 2.74 bits per heavy atom. The summed E-state index contributed by atoms with van der Waals surface area (Å²) < 4.78 is 0. The number of aromatic amines is 1. The molecule has 2 rings (SSSR count). The molecule has 0 aliphatic heterocycles. The van der Waals surface area contributed by atoms with Crippen LogP contribution in [0.25, 0.3) is 0 Å². The Morgan fingerprint density at radius 1 is 1.53 bits per heavy atom. The predicted molar refractivity (Wildman–Crippen MR) is 73.4 cm³/mol. The van der Waals surface area contributed by atoms with Gasteiger partial charge in [0.25, 0.3) is 11.5 Å². The number of carbonyl (C=O) groups is 1. The summed E-state index contributed by atoms with van der Waals surface area (Å²) in [6.45, 7) is 2.21. The molecule has 1 amide bonds. The molecule has 19 heavy (non-hydrogen) atoms. The number of alkyl halides is 1. The van der Waals surface area contributed by atoms with E-state index in [9.17, 15) is 9.59 Å². The van der Waals surface area contributed by atoms with Crippen LogP contribution in [-0.2, 0) is 0 Å². The molecular formula is C13H18ClN3O2. The number of H-pyrrole nitrogens is 1. The monoisotopic (exact) mass is 283 g/mol. The van der Waals surface area contributed by atoms with E-state index in [-0.39, 0.29) is 22.7 Å². The largest absolute Gasteiger partial charge is 0.344 e. The quantitative estimate of drug-likeness (QED) is 0.829. The molecule has 104 valence electrons. The molecule has 1 aliphatic carbocycles. The fraction of sp³-hybridized carbons (Fsp3) is 0.615. The average molecular weight is 284 g/mol. The van der Waals surface area contributed by atoms with E-state index in [1.165, 1.54) is 12.1 Å². The van der Waals surface area contributed by atoms with Crippen molar-refractivity contribution in [3.63, 3.8) is 0 Å². The third kappa shape index (κ3) is 3.35. The molecule has 0 spiro atoms. The third-order valence-electron chi connectivity index (χ3n) is 3.78. The summed E-state index contributed by atoms with van der Waals surface area (Å²) in [7, 11) is 0. The molecule has 1 aromatic rings. The Kier molecular flexibility index (Phi) is 4.24. The van der Waals surface area contributed by atoms with Gasteiger partial charge in [-0.15, -0.1) is 11.6 Å². The maximum atomic E-state index is 12.1. The lowest BCUT2D eigenvalue weighted by molar-refractivity contribution is 0.0866. The van der Waals surface area contributed by atoms with Crippen LogP contribution < -0.4 is 10.9 Å². The third-order valence-corrected chi connectivity index (χ3v) is 4.29. The fourth-order valence-electron chi connectivity index (χ4n) is 2.38. The van der Waals surface area contributed by atoms with Gasteiger partial charge in [0.1, 0.15) is 5.69 Å². The number of aromatic nitrogens is 2. The molecule has 1 aliphatic rings. The van der Waals surface area contributed by atoms with Crippen molar-refractivity contribution in [3.05, 3.63) is 28.2 Å². The summed E-state index contributed by atoms with van der Waals surface area (Å²) in [5.41, 5.74) is -0.457. The van der Waals surface area contributed by atoms with Crippen LogP contribution in [0.15, 0.2) is 16.9 Å². The van der Waals surface area contributed by atoms with Crippen LogP contribution in [0.4, 0.5) is 0 Å². The van der Waals surface area contributed by atoms with Crippen molar-refractivity contribution in [2.75, 3.05) is 5.88 Å². The summed E-state index contributed by atoms with van der Waals surface area (Å²) in [6.07, 6.45) is 3.89. The van der Waals surface area contributed by atoms with E-state index in [0.717, 1.165) is 25.7 Å². The highest BCUT2D eigenvalue weighted by Crippen LogP contribution is 2.32. The number of hydrogen-bond donors (Lipinski definition) is 2. The van der Waals surface area contributed by atoms with Gasteiger partial charge in [0.05, 0.1) is 5.54 Å².